The lowest BCUT2D eigenvalue weighted by Gasteiger charge is -2.02. The Labute approximate surface area is 96.2 Å². The third-order valence-electron chi connectivity index (χ3n) is 1.72. The maximum atomic E-state index is 5.73. The zero-order valence-corrected chi connectivity index (χ0v) is 9.51. The molecule has 1 heterocycles. The van der Waals surface area contributed by atoms with E-state index in [1.807, 2.05) is 24.3 Å². The van der Waals surface area contributed by atoms with Crippen LogP contribution in [0.25, 0.3) is 0 Å². The van der Waals surface area contributed by atoms with E-state index in [1.54, 1.807) is 13.3 Å². The van der Waals surface area contributed by atoms with Gasteiger partial charge in [-0.3, -0.25) is 0 Å². The van der Waals surface area contributed by atoms with Gasteiger partial charge in [-0.15, -0.1) is 0 Å². The molecule has 0 radical (unpaired) electrons. The van der Waals surface area contributed by atoms with Gasteiger partial charge < -0.3 is 9.47 Å². The number of thiazole rings is 1. The van der Waals surface area contributed by atoms with Gasteiger partial charge in [0.2, 0.25) is 0 Å². The monoisotopic (exact) mass is 241 g/mol. The van der Waals surface area contributed by atoms with E-state index in [0.717, 1.165) is 5.75 Å². The molecule has 2 rings (SSSR count). The molecule has 0 atom stereocenters. The number of hydrogen-bond acceptors (Lipinski definition) is 4. The third kappa shape index (κ3) is 2.61. The number of halogens is 1. The zero-order chi connectivity index (χ0) is 10.7. The van der Waals surface area contributed by atoms with E-state index in [4.69, 9.17) is 21.1 Å². The van der Waals surface area contributed by atoms with Crippen molar-refractivity contribution in [3.8, 4) is 16.7 Å². The third-order valence-corrected chi connectivity index (χ3v) is 2.71. The van der Waals surface area contributed by atoms with Crippen LogP contribution >= 0.6 is 22.9 Å². The summed E-state index contributed by atoms with van der Waals surface area (Å²) in [6.07, 6.45) is 1.56. The van der Waals surface area contributed by atoms with Crippen molar-refractivity contribution >= 4 is 22.9 Å². The average Bonchev–Trinajstić information content (AvgIpc) is 2.65. The number of rotatable bonds is 3. The van der Waals surface area contributed by atoms with E-state index in [2.05, 4.69) is 4.98 Å². The van der Waals surface area contributed by atoms with Gasteiger partial charge in [-0.25, -0.2) is 4.98 Å². The summed E-state index contributed by atoms with van der Waals surface area (Å²) < 4.78 is 11.1. The highest BCUT2D eigenvalue weighted by molar-refractivity contribution is 7.17. The van der Waals surface area contributed by atoms with Crippen molar-refractivity contribution in [1.29, 1.82) is 0 Å². The van der Waals surface area contributed by atoms with E-state index < -0.39 is 0 Å². The fourth-order valence-electron chi connectivity index (χ4n) is 1.03. The van der Waals surface area contributed by atoms with Gasteiger partial charge in [0.1, 0.15) is 15.8 Å². The van der Waals surface area contributed by atoms with Crippen molar-refractivity contribution in [2.75, 3.05) is 7.11 Å². The highest BCUT2D eigenvalue weighted by Gasteiger charge is 2.02. The van der Waals surface area contributed by atoms with E-state index in [1.165, 1.54) is 11.3 Å². The molecule has 78 valence electrons. The number of ether oxygens (including phenoxy) is 2. The normalized spacial score (nSPS) is 10.0. The first-order chi connectivity index (χ1) is 7.28. The summed E-state index contributed by atoms with van der Waals surface area (Å²) >= 11 is 7.02. The lowest BCUT2D eigenvalue weighted by atomic mass is 10.3. The maximum Gasteiger partial charge on any atom is 0.280 e. The first-order valence-electron chi connectivity index (χ1n) is 4.21. The number of methoxy groups -OCH3 is 1. The number of benzene rings is 1. The summed E-state index contributed by atoms with van der Waals surface area (Å²) in [5, 5.41) is 0.533. The predicted molar refractivity (Wildman–Crippen MR) is 60.2 cm³/mol. The summed E-state index contributed by atoms with van der Waals surface area (Å²) in [7, 11) is 1.62. The Balaban J connectivity index is 2.11. The molecule has 1 aromatic carbocycles. The maximum absolute atomic E-state index is 5.73. The molecule has 5 heteroatoms. The molecule has 0 saturated heterocycles. The van der Waals surface area contributed by atoms with Crippen molar-refractivity contribution in [2.45, 2.75) is 0 Å². The smallest absolute Gasteiger partial charge is 0.280 e. The van der Waals surface area contributed by atoms with Crippen LogP contribution in [0.3, 0.4) is 0 Å². The minimum atomic E-state index is 0.533. The second-order valence-electron chi connectivity index (χ2n) is 2.71. The molecular formula is C10H8ClNO2S. The highest BCUT2D eigenvalue weighted by Crippen LogP contribution is 2.29. The summed E-state index contributed by atoms with van der Waals surface area (Å²) in [6, 6.07) is 7.28. The molecule has 0 amide bonds. The quantitative estimate of drug-likeness (QED) is 0.823. The molecule has 0 aliphatic heterocycles. The van der Waals surface area contributed by atoms with Gasteiger partial charge in [-0.2, -0.15) is 0 Å². The molecule has 3 nitrogen and oxygen atoms in total. The molecule has 0 bridgehead atoms. The predicted octanol–water partition coefficient (Wildman–Crippen LogP) is 3.60. The number of nitrogens with zero attached hydrogens (tertiary/aromatic N) is 1. The summed E-state index contributed by atoms with van der Waals surface area (Å²) in [6.45, 7) is 0. The van der Waals surface area contributed by atoms with E-state index in [0.29, 0.717) is 15.3 Å². The zero-order valence-electron chi connectivity index (χ0n) is 7.94. The molecule has 15 heavy (non-hydrogen) atoms. The van der Waals surface area contributed by atoms with E-state index >= 15 is 0 Å². The molecule has 0 spiro atoms. The molecule has 1 aromatic heterocycles. The van der Waals surface area contributed by atoms with Crippen molar-refractivity contribution < 1.29 is 9.47 Å². The summed E-state index contributed by atoms with van der Waals surface area (Å²) in [5.74, 6) is 1.50. The van der Waals surface area contributed by atoms with Crippen LogP contribution in [0.5, 0.6) is 16.7 Å². The fourth-order valence-corrected chi connectivity index (χ4v) is 1.79. The Bertz CT molecular complexity index is 441. The minimum absolute atomic E-state index is 0.533. The summed E-state index contributed by atoms with van der Waals surface area (Å²) in [4.78, 5) is 3.99. The molecule has 0 fully saturated rings. The van der Waals surface area contributed by atoms with Gasteiger partial charge in [0.15, 0.2) is 0 Å². The fraction of sp³-hybridized carbons (Fsp3) is 0.100. The van der Waals surface area contributed by atoms with Crippen LogP contribution < -0.4 is 9.47 Å². The molecule has 0 aliphatic carbocycles. The van der Waals surface area contributed by atoms with Gasteiger partial charge in [0.25, 0.3) is 5.19 Å². The van der Waals surface area contributed by atoms with Gasteiger partial charge in [0, 0.05) is 0 Å². The second kappa shape index (κ2) is 4.51. The van der Waals surface area contributed by atoms with Crippen LogP contribution in [0.4, 0.5) is 0 Å². The van der Waals surface area contributed by atoms with Gasteiger partial charge in [-0.1, -0.05) is 22.9 Å². The van der Waals surface area contributed by atoms with Gasteiger partial charge in [0.05, 0.1) is 13.3 Å². The van der Waals surface area contributed by atoms with Crippen LogP contribution in [0.1, 0.15) is 0 Å². The van der Waals surface area contributed by atoms with Crippen molar-refractivity contribution in [3.05, 3.63) is 34.8 Å². The van der Waals surface area contributed by atoms with E-state index in [-0.39, 0.29) is 0 Å². The Morgan fingerprint density at radius 2 is 1.87 bits per heavy atom. The molecule has 0 aliphatic rings. The molecule has 0 unspecified atom stereocenters. The Kier molecular flexibility index (Phi) is 3.08. The average molecular weight is 242 g/mol. The molecule has 0 N–H and O–H groups in total. The van der Waals surface area contributed by atoms with Crippen molar-refractivity contribution in [1.82, 2.24) is 4.98 Å². The van der Waals surface area contributed by atoms with Crippen LogP contribution in [-0.4, -0.2) is 12.1 Å². The van der Waals surface area contributed by atoms with Crippen LogP contribution in [0.15, 0.2) is 30.5 Å². The van der Waals surface area contributed by atoms with Crippen LogP contribution in [-0.2, 0) is 0 Å². The first kappa shape index (κ1) is 10.3. The second-order valence-corrected chi connectivity index (χ2v) is 4.33. The van der Waals surface area contributed by atoms with E-state index in [9.17, 15) is 0 Å². The Hall–Kier alpha value is -1.26. The molecular weight excluding hydrogens is 234 g/mol. The molecule has 0 saturated carbocycles. The van der Waals surface area contributed by atoms with Crippen LogP contribution in [0.2, 0.25) is 4.34 Å². The first-order valence-corrected chi connectivity index (χ1v) is 5.40. The van der Waals surface area contributed by atoms with Crippen molar-refractivity contribution in [3.63, 3.8) is 0 Å². The standard InChI is InChI=1S/C10H8ClNO2S/c1-13-7-2-4-8(5-3-7)14-10-12-6-9(11)15-10/h2-6H,1H3. The lowest BCUT2D eigenvalue weighted by molar-refractivity contribution is 0.412. The molecule has 2 aromatic rings. The van der Waals surface area contributed by atoms with Crippen molar-refractivity contribution in [2.24, 2.45) is 0 Å². The number of aromatic nitrogens is 1. The lowest BCUT2D eigenvalue weighted by Crippen LogP contribution is -1.84. The van der Waals surface area contributed by atoms with Gasteiger partial charge >= 0.3 is 0 Å². The number of hydrogen-bond donors (Lipinski definition) is 0. The Morgan fingerprint density at radius 1 is 1.20 bits per heavy atom. The SMILES string of the molecule is COc1ccc(Oc2ncc(Cl)s2)cc1. The summed E-state index contributed by atoms with van der Waals surface area (Å²) in [5.41, 5.74) is 0. The minimum Gasteiger partial charge on any atom is -0.497 e. The van der Waals surface area contributed by atoms with Crippen LogP contribution in [0, 0.1) is 0 Å². The highest BCUT2D eigenvalue weighted by atomic mass is 35.5. The van der Waals surface area contributed by atoms with Gasteiger partial charge in [-0.05, 0) is 24.3 Å². The Morgan fingerprint density at radius 3 is 2.40 bits per heavy atom. The largest absolute Gasteiger partial charge is 0.497 e. The topological polar surface area (TPSA) is 31.4 Å².